The van der Waals surface area contributed by atoms with Crippen LogP contribution in [0, 0.1) is 5.92 Å². The summed E-state index contributed by atoms with van der Waals surface area (Å²) in [6, 6.07) is 10.5. The Hall–Kier alpha value is -1.88. The van der Waals surface area contributed by atoms with E-state index in [1.807, 2.05) is 15.9 Å². The van der Waals surface area contributed by atoms with Crippen molar-refractivity contribution in [3.63, 3.8) is 0 Å². The summed E-state index contributed by atoms with van der Waals surface area (Å²) in [7, 11) is 0. The number of carbonyl (C=O) groups is 2. The lowest BCUT2D eigenvalue weighted by Gasteiger charge is -2.35. The van der Waals surface area contributed by atoms with Gasteiger partial charge in [0.05, 0.1) is 0 Å². The molecule has 1 aromatic rings. The molecule has 0 aliphatic carbocycles. The standard InChI is InChI=1S/C21H33N3O2/c1-18(2)9-11-23(19(3)25)12-10-21(26)24-15-13-22(14-16-24)17-20-7-5-4-6-8-20/h4-8,18H,9-17H2,1-3H3. The van der Waals surface area contributed by atoms with Crippen molar-refractivity contribution in [3.05, 3.63) is 35.9 Å². The van der Waals surface area contributed by atoms with Gasteiger partial charge in [0, 0.05) is 59.2 Å². The van der Waals surface area contributed by atoms with Gasteiger partial charge in [-0.2, -0.15) is 0 Å². The molecular formula is C21H33N3O2. The SMILES string of the molecule is CC(=O)N(CCC(=O)N1CCN(Cc2ccccc2)CC1)CCC(C)C. The molecule has 5 heteroatoms. The van der Waals surface area contributed by atoms with Crippen LogP contribution in [-0.4, -0.2) is 65.8 Å². The Morgan fingerprint density at radius 2 is 1.69 bits per heavy atom. The quantitative estimate of drug-likeness (QED) is 0.717. The summed E-state index contributed by atoms with van der Waals surface area (Å²) in [4.78, 5) is 30.4. The van der Waals surface area contributed by atoms with Gasteiger partial charge in [-0.05, 0) is 17.9 Å². The number of carbonyl (C=O) groups excluding carboxylic acids is 2. The van der Waals surface area contributed by atoms with Crippen LogP contribution >= 0.6 is 0 Å². The van der Waals surface area contributed by atoms with Crippen molar-refractivity contribution < 1.29 is 9.59 Å². The van der Waals surface area contributed by atoms with Gasteiger partial charge in [-0.25, -0.2) is 0 Å². The molecule has 144 valence electrons. The molecule has 1 heterocycles. The van der Waals surface area contributed by atoms with Crippen LogP contribution in [0.5, 0.6) is 0 Å². The maximum absolute atomic E-state index is 12.5. The van der Waals surface area contributed by atoms with E-state index in [4.69, 9.17) is 0 Å². The molecule has 0 radical (unpaired) electrons. The highest BCUT2D eigenvalue weighted by atomic mass is 16.2. The molecule has 26 heavy (non-hydrogen) atoms. The van der Waals surface area contributed by atoms with Gasteiger partial charge >= 0.3 is 0 Å². The highest BCUT2D eigenvalue weighted by Crippen LogP contribution is 2.10. The van der Waals surface area contributed by atoms with Crippen LogP contribution in [0.25, 0.3) is 0 Å². The van der Waals surface area contributed by atoms with Gasteiger partial charge in [-0.1, -0.05) is 44.2 Å². The molecule has 1 fully saturated rings. The zero-order valence-electron chi connectivity index (χ0n) is 16.5. The fourth-order valence-corrected chi connectivity index (χ4v) is 3.23. The van der Waals surface area contributed by atoms with Gasteiger partial charge in [-0.15, -0.1) is 0 Å². The molecule has 2 rings (SSSR count). The predicted octanol–water partition coefficient (Wildman–Crippen LogP) is 2.62. The summed E-state index contributed by atoms with van der Waals surface area (Å²) >= 11 is 0. The van der Waals surface area contributed by atoms with Crippen molar-refractivity contribution >= 4 is 11.8 Å². The second kappa shape index (κ2) is 10.3. The molecule has 2 amide bonds. The van der Waals surface area contributed by atoms with Crippen molar-refractivity contribution in [2.45, 2.75) is 40.2 Å². The average Bonchev–Trinajstić information content (AvgIpc) is 2.62. The first kappa shape index (κ1) is 20.4. The molecule has 5 nitrogen and oxygen atoms in total. The van der Waals surface area contributed by atoms with E-state index in [2.05, 4.69) is 43.0 Å². The molecule has 1 saturated heterocycles. The van der Waals surface area contributed by atoms with Crippen molar-refractivity contribution in [3.8, 4) is 0 Å². The Balaban J connectivity index is 1.72. The highest BCUT2D eigenvalue weighted by Gasteiger charge is 2.22. The van der Waals surface area contributed by atoms with Gasteiger partial charge in [0.2, 0.25) is 11.8 Å². The summed E-state index contributed by atoms with van der Waals surface area (Å²) in [5.74, 6) is 0.788. The van der Waals surface area contributed by atoms with Gasteiger partial charge in [0.15, 0.2) is 0 Å². The minimum atomic E-state index is 0.0612. The lowest BCUT2D eigenvalue weighted by molar-refractivity contribution is -0.134. The largest absolute Gasteiger partial charge is 0.342 e. The first-order chi connectivity index (χ1) is 12.5. The third-order valence-electron chi connectivity index (χ3n) is 4.99. The Morgan fingerprint density at radius 1 is 1.04 bits per heavy atom. The molecule has 0 saturated carbocycles. The smallest absolute Gasteiger partial charge is 0.224 e. The average molecular weight is 360 g/mol. The second-order valence-electron chi connectivity index (χ2n) is 7.58. The summed E-state index contributed by atoms with van der Waals surface area (Å²) in [6.07, 6.45) is 1.41. The van der Waals surface area contributed by atoms with E-state index in [9.17, 15) is 9.59 Å². The normalized spacial score (nSPS) is 15.3. The minimum absolute atomic E-state index is 0.0612. The fraction of sp³-hybridized carbons (Fsp3) is 0.619. The number of hydrogen-bond acceptors (Lipinski definition) is 3. The Kier molecular flexibility index (Phi) is 8.10. The van der Waals surface area contributed by atoms with Crippen LogP contribution in [0.3, 0.4) is 0 Å². The molecule has 1 aliphatic rings. The summed E-state index contributed by atoms with van der Waals surface area (Å²) in [6.45, 7) is 11.5. The molecule has 0 aromatic heterocycles. The molecule has 0 unspecified atom stereocenters. The van der Waals surface area contributed by atoms with E-state index in [0.717, 1.165) is 45.7 Å². The minimum Gasteiger partial charge on any atom is -0.342 e. The van der Waals surface area contributed by atoms with Crippen LogP contribution < -0.4 is 0 Å². The van der Waals surface area contributed by atoms with Gasteiger partial charge in [-0.3, -0.25) is 14.5 Å². The summed E-state index contributed by atoms with van der Waals surface area (Å²) in [5.41, 5.74) is 1.31. The number of benzene rings is 1. The van der Waals surface area contributed by atoms with E-state index in [0.29, 0.717) is 18.9 Å². The Labute approximate surface area is 158 Å². The summed E-state index contributed by atoms with van der Waals surface area (Å²) in [5, 5.41) is 0. The number of rotatable bonds is 8. The lowest BCUT2D eigenvalue weighted by Crippen LogP contribution is -2.49. The van der Waals surface area contributed by atoms with Crippen LogP contribution in [0.2, 0.25) is 0 Å². The number of amides is 2. The topological polar surface area (TPSA) is 43.9 Å². The van der Waals surface area contributed by atoms with Gasteiger partial charge in [0.25, 0.3) is 0 Å². The molecule has 0 bridgehead atoms. The van der Waals surface area contributed by atoms with Crippen molar-refractivity contribution in [1.82, 2.24) is 14.7 Å². The van der Waals surface area contributed by atoms with E-state index in [-0.39, 0.29) is 11.8 Å². The number of hydrogen-bond donors (Lipinski definition) is 0. The van der Waals surface area contributed by atoms with E-state index in [1.165, 1.54) is 5.56 Å². The molecule has 0 N–H and O–H groups in total. The first-order valence-electron chi connectivity index (χ1n) is 9.75. The van der Waals surface area contributed by atoms with Crippen molar-refractivity contribution in [2.24, 2.45) is 5.92 Å². The molecule has 1 aromatic carbocycles. The van der Waals surface area contributed by atoms with E-state index in [1.54, 1.807) is 6.92 Å². The Morgan fingerprint density at radius 3 is 2.27 bits per heavy atom. The van der Waals surface area contributed by atoms with E-state index < -0.39 is 0 Å². The fourth-order valence-electron chi connectivity index (χ4n) is 3.23. The first-order valence-corrected chi connectivity index (χ1v) is 9.75. The summed E-state index contributed by atoms with van der Waals surface area (Å²) < 4.78 is 0. The maximum Gasteiger partial charge on any atom is 0.224 e. The lowest BCUT2D eigenvalue weighted by atomic mass is 10.1. The number of piperazine rings is 1. The number of nitrogens with zero attached hydrogens (tertiary/aromatic N) is 3. The van der Waals surface area contributed by atoms with Crippen LogP contribution in [0.4, 0.5) is 0 Å². The van der Waals surface area contributed by atoms with Crippen LogP contribution in [0.15, 0.2) is 30.3 Å². The molecule has 1 aliphatic heterocycles. The monoisotopic (exact) mass is 359 g/mol. The van der Waals surface area contributed by atoms with Crippen LogP contribution in [-0.2, 0) is 16.1 Å². The van der Waals surface area contributed by atoms with Gasteiger partial charge in [0.1, 0.15) is 0 Å². The highest BCUT2D eigenvalue weighted by molar-refractivity contribution is 5.78. The maximum atomic E-state index is 12.5. The van der Waals surface area contributed by atoms with Gasteiger partial charge < -0.3 is 9.80 Å². The van der Waals surface area contributed by atoms with E-state index >= 15 is 0 Å². The third kappa shape index (κ3) is 6.79. The predicted molar refractivity (Wildman–Crippen MR) is 105 cm³/mol. The molecule has 0 spiro atoms. The zero-order chi connectivity index (χ0) is 18.9. The Bertz CT molecular complexity index is 566. The van der Waals surface area contributed by atoms with Crippen LogP contribution in [0.1, 0.15) is 39.2 Å². The third-order valence-corrected chi connectivity index (χ3v) is 4.99. The second-order valence-corrected chi connectivity index (χ2v) is 7.58. The molecule has 0 atom stereocenters. The van der Waals surface area contributed by atoms with Crippen molar-refractivity contribution in [2.75, 3.05) is 39.3 Å². The zero-order valence-corrected chi connectivity index (χ0v) is 16.5. The molecular weight excluding hydrogens is 326 g/mol. The van der Waals surface area contributed by atoms with Crippen molar-refractivity contribution in [1.29, 1.82) is 0 Å².